The first kappa shape index (κ1) is 29.3. The van der Waals surface area contributed by atoms with E-state index >= 15 is 0 Å². The van der Waals surface area contributed by atoms with Crippen molar-refractivity contribution in [1.29, 1.82) is 0 Å². The number of phenols is 1. The van der Waals surface area contributed by atoms with E-state index in [-0.39, 0.29) is 53.0 Å². The number of amides is 2. The number of Topliss-reactive ketones (excluding diaryl/α,β-unsaturated/α-hetero) is 2. The number of ether oxygens (including phenoxy) is 2. The van der Waals surface area contributed by atoms with Gasteiger partial charge in [0.15, 0.2) is 23.1 Å². The molecule has 1 saturated heterocycles. The minimum Gasteiger partial charge on any atom is -0.502 e. The molecule has 11 nitrogen and oxygen atoms in total. The predicted octanol–water partition coefficient (Wildman–Crippen LogP) is 4.67. The van der Waals surface area contributed by atoms with Crippen molar-refractivity contribution < 1.29 is 38.7 Å². The number of aromatic hydroxyl groups is 1. The largest absolute Gasteiger partial charge is 0.502 e. The maximum atomic E-state index is 14.2. The van der Waals surface area contributed by atoms with Gasteiger partial charge in [-0.25, -0.2) is 4.90 Å². The Hall–Kier alpha value is -4.80. The van der Waals surface area contributed by atoms with E-state index in [0.717, 1.165) is 10.5 Å². The number of nitro groups is 1. The Kier molecular flexibility index (Phi) is 6.75. The SMILES string of the molecule is COc1cc([C@H]2C3=CC[C@@H]4C(=O)N(c5cccc([N+](=O)[O-])c5)C(=O)[C@@H]4[C@@H]3C[C@H]3C(=O)C(C)=C(C)C(=O)[C@@]23C)cc(OC)c1O. The molecular weight excluding hydrogens is 568 g/mol. The summed E-state index contributed by atoms with van der Waals surface area (Å²) in [6, 6.07) is 8.65. The zero-order chi connectivity index (χ0) is 31.8. The molecule has 3 aliphatic carbocycles. The molecule has 1 saturated carbocycles. The van der Waals surface area contributed by atoms with Crippen molar-refractivity contribution in [3.63, 3.8) is 0 Å². The van der Waals surface area contributed by atoms with E-state index in [1.807, 2.05) is 6.08 Å². The summed E-state index contributed by atoms with van der Waals surface area (Å²) in [5, 5.41) is 22.1. The quantitative estimate of drug-likeness (QED) is 0.223. The van der Waals surface area contributed by atoms with Crippen LogP contribution in [0.25, 0.3) is 0 Å². The van der Waals surface area contributed by atoms with Gasteiger partial charge in [0.1, 0.15) is 0 Å². The molecule has 0 radical (unpaired) electrons. The summed E-state index contributed by atoms with van der Waals surface area (Å²) in [7, 11) is 2.79. The molecular formula is C33H32N2O9. The van der Waals surface area contributed by atoms with Gasteiger partial charge in [0.2, 0.25) is 17.6 Å². The summed E-state index contributed by atoms with van der Waals surface area (Å²) < 4.78 is 10.9. The molecule has 0 spiro atoms. The number of carbonyl (C=O) groups excluding carboxylic acids is 4. The predicted molar refractivity (Wildman–Crippen MR) is 157 cm³/mol. The number of methoxy groups -OCH3 is 2. The zero-order valence-corrected chi connectivity index (χ0v) is 25.0. The minimum absolute atomic E-state index is 0.119. The number of benzene rings is 2. The van der Waals surface area contributed by atoms with Gasteiger partial charge in [-0.2, -0.15) is 0 Å². The number of hydrogen-bond donors (Lipinski definition) is 1. The molecule has 0 unspecified atom stereocenters. The van der Waals surface area contributed by atoms with Crippen molar-refractivity contribution in [3.8, 4) is 17.2 Å². The lowest BCUT2D eigenvalue weighted by molar-refractivity contribution is -0.384. The van der Waals surface area contributed by atoms with Crippen LogP contribution in [0.2, 0.25) is 0 Å². The number of ketones is 2. The molecule has 44 heavy (non-hydrogen) atoms. The third kappa shape index (κ3) is 3.87. The van der Waals surface area contributed by atoms with Gasteiger partial charge in [0.05, 0.1) is 42.1 Å². The Morgan fingerprint density at radius 2 is 1.64 bits per heavy atom. The standard InChI is InChI=1S/C33H32N2O9/c1-15-16(2)30(38)33(3)23(28(15)36)14-22-20(27(33)17-11-24(43-4)29(37)25(12-17)44-5)9-10-21-26(22)32(40)34(31(21)39)18-7-6-8-19(13-18)35(41)42/h6-9,11-13,21-23,26-27,37H,10,14H2,1-5H3/t21-,22+,23-,26-,27-,33+/m0/s1. The van der Waals surface area contributed by atoms with Crippen LogP contribution in [0.4, 0.5) is 11.4 Å². The maximum Gasteiger partial charge on any atom is 0.271 e. The van der Waals surface area contributed by atoms with Crippen molar-refractivity contribution in [1.82, 2.24) is 0 Å². The van der Waals surface area contributed by atoms with Crippen LogP contribution < -0.4 is 14.4 Å². The summed E-state index contributed by atoms with van der Waals surface area (Å²) in [5.74, 6) is -4.87. The van der Waals surface area contributed by atoms with Crippen molar-refractivity contribution in [2.75, 3.05) is 19.1 Å². The number of imide groups is 1. The number of nitro benzene ring substituents is 1. The molecule has 2 aromatic carbocycles. The first-order chi connectivity index (χ1) is 20.9. The third-order valence-electron chi connectivity index (χ3n) is 10.3. The van der Waals surface area contributed by atoms with E-state index in [1.165, 1.54) is 38.5 Å². The number of allylic oxidation sites excluding steroid dienone is 4. The molecule has 228 valence electrons. The molecule has 0 bridgehead atoms. The first-order valence-electron chi connectivity index (χ1n) is 14.4. The Labute approximate surface area is 253 Å². The molecule has 6 rings (SSSR count). The Morgan fingerprint density at radius 3 is 2.25 bits per heavy atom. The van der Waals surface area contributed by atoms with Crippen LogP contribution in [0.15, 0.2) is 59.2 Å². The highest BCUT2D eigenvalue weighted by Crippen LogP contribution is 2.63. The van der Waals surface area contributed by atoms with Gasteiger partial charge in [-0.05, 0) is 67.5 Å². The Morgan fingerprint density at radius 1 is 0.977 bits per heavy atom. The second-order valence-electron chi connectivity index (χ2n) is 12.2. The highest BCUT2D eigenvalue weighted by atomic mass is 16.6. The monoisotopic (exact) mass is 600 g/mol. The highest BCUT2D eigenvalue weighted by molar-refractivity contribution is 6.23. The van der Waals surface area contributed by atoms with Crippen LogP contribution >= 0.6 is 0 Å². The second kappa shape index (κ2) is 10.1. The Bertz CT molecular complexity index is 1710. The number of carbonyl (C=O) groups is 4. The van der Waals surface area contributed by atoms with E-state index in [9.17, 15) is 34.4 Å². The van der Waals surface area contributed by atoms with Gasteiger partial charge in [0.25, 0.3) is 5.69 Å². The molecule has 2 aromatic rings. The van der Waals surface area contributed by atoms with Crippen LogP contribution in [-0.4, -0.2) is 47.6 Å². The molecule has 0 aromatic heterocycles. The lowest BCUT2D eigenvalue weighted by atomic mass is 9.46. The zero-order valence-electron chi connectivity index (χ0n) is 25.0. The van der Waals surface area contributed by atoms with Crippen LogP contribution in [0.1, 0.15) is 45.1 Å². The number of phenolic OH excluding ortho intramolecular Hbond substituents is 1. The van der Waals surface area contributed by atoms with E-state index < -0.39 is 51.7 Å². The fraction of sp³-hybridized carbons (Fsp3) is 0.394. The van der Waals surface area contributed by atoms with Crippen LogP contribution in [0.5, 0.6) is 17.2 Å². The molecule has 4 aliphatic rings. The number of hydrogen-bond acceptors (Lipinski definition) is 9. The number of anilines is 1. The van der Waals surface area contributed by atoms with Gasteiger partial charge in [0, 0.05) is 24.0 Å². The number of rotatable bonds is 5. The van der Waals surface area contributed by atoms with E-state index in [1.54, 1.807) is 32.9 Å². The topological polar surface area (TPSA) is 153 Å². The summed E-state index contributed by atoms with van der Waals surface area (Å²) >= 11 is 0. The summed E-state index contributed by atoms with van der Waals surface area (Å²) in [6.45, 7) is 5.07. The molecule has 1 N–H and O–H groups in total. The molecule has 1 aliphatic heterocycles. The molecule has 11 heteroatoms. The fourth-order valence-electron chi connectivity index (χ4n) is 8.04. The first-order valence-corrected chi connectivity index (χ1v) is 14.4. The molecule has 1 heterocycles. The molecule has 2 fully saturated rings. The average molecular weight is 601 g/mol. The lowest BCUT2D eigenvalue weighted by Gasteiger charge is -2.54. The van der Waals surface area contributed by atoms with Crippen LogP contribution in [0, 0.1) is 39.2 Å². The average Bonchev–Trinajstić information content (AvgIpc) is 3.28. The number of fused-ring (bicyclic) bond motifs is 4. The fourth-order valence-corrected chi connectivity index (χ4v) is 8.04. The summed E-state index contributed by atoms with van der Waals surface area (Å²) in [5.41, 5.74) is 0.735. The van der Waals surface area contributed by atoms with E-state index in [2.05, 4.69) is 0 Å². The maximum absolute atomic E-state index is 14.2. The van der Waals surface area contributed by atoms with Gasteiger partial charge >= 0.3 is 0 Å². The van der Waals surface area contributed by atoms with Crippen LogP contribution in [0.3, 0.4) is 0 Å². The van der Waals surface area contributed by atoms with Crippen molar-refractivity contribution in [3.05, 3.63) is 74.9 Å². The van der Waals surface area contributed by atoms with Gasteiger partial charge in [-0.15, -0.1) is 0 Å². The third-order valence-corrected chi connectivity index (χ3v) is 10.3. The highest BCUT2D eigenvalue weighted by Gasteiger charge is 2.64. The second-order valence-corrected chi connectivity index (χ2v) is 12.2. The summed E-state index contributed by atoms with van der Waals surface area (Å²) in [6.07, 6.45) is 2.31. The number of non-ortho nitro benzene ring substituents is 1. The van der Waals surface area contributed by atoms with E-state index in [0.29, 0.717) is 16.7 Å². The van der Waals surface area contributed by atoms with Crippen LogP contribution in [-0.2, 0) is 19.2 Å². The van der Waals surface area contributed by atoms with Crippen molar-refractivity contribution >= 4 is 34.8 Å². The smallest absolute Gasteiger partial charge is 0.271 e. The van der Waals surface area contributed by atoms with Gasteiger partial charge < -0.3 is 14.6 Å². The Balaban J connectivity index is 1.53. The summed E-state index contributed by atoms with van der Waals surface area (Å²) in [4.78, 5) is 67.9. The van der Waals surface area contributed by atoms with Crippen molar-refractivity contribution in [2.24, 2.45) is 29.1 Å². The minimum atomic E-state index is -1.23. The van der Waals surface area contributed by atoms with Gasteiger partial charge in [-0.1, -0.05) is 24.6 Å². The molecule has 6 atom stereocenters. The van der Waals surface area contributed by atoms with E-state index in [4.69, 9.17) is 9.47 Å². The number of nitrogens with zero attached hydrogens (tertiary/aromatic N) is 2. The van der Waals surface area contributed by atoms with Crippen molar-refractivity contribution in [2.45, 2.75) is 39.5 Å². The lowest BCUT2D eigenvalue weighted by Crippen LogP contribution is -2.55. The molecule has 2 amide bonds. The van der Waals surface area contributed by atoms with Gasteiger partial charge in [-0.3, -0.25) is 29.3 Å². The normalized spacial score (nSPS) is 29.6.